The number of hydrogen-bond donors (Lipinski definition) is 0. The SMILES string of the molecule is O=C1CC2CCC(C1)N2CCc1ccccc1Br. The molecule has 1 aromatic carbocycles. The number of benzene rings is 1. The number of nitrogens with zero attached hydrogens (tertiary/aromatic N) is 1. The molecule has 0 N–H and O–H groups in total. The molecule has 2 fully saturated rings. The molecule has 0 amide bonds. The zero-order valence-corrected chi connectivity index (χ0v) is 12.0. The van der Waals surface area contributed by atoms with Crippen molar-refractivity contribution in [2.75, 3.05) is 6.54 Å². The maximum absolute atomic E-state index is 11.6. The lowest BCUT2D eigenvalue weighted by Gasteiger charge is -2.34. The van der Waals surface area contributed by atoms with Crippen molar-refractivity contribution in [3.8, 4) is 0 Å². The van der Waals surface area contributed by atoms with Gasteiger partial charge in [-0.25, -0.2) is 0 Å². The third kappa shape index (κ3) is 2.39. The lowest BCUT2D eigenvalue weighted by Crippen LogP contribution is -2.44. The van der Waals surface area contributed by atoms with Gasteiger partial charge in [-0.05, 0) is 30.9 Å². The molecule has 0 spiro atoms. The van der Waals surface area contributed by atoms with Crippen LogP contribution >= 0.6 is 15.9 Å². The molecule has 2 bridgehead atoms. The van der Waals surface area contributed by atoms with Gasteiger partial charge >= 0.3 is 0 Å². The van der Waals surface area contributed by atoms with E-state index in [9.17, 15) is 4.79 Å². The second-order valence-electron chi connectivity index (χ2n) is 5.41. The molecule has 0 radical (unpaired) electrons. The zero-order chi connectivity index (χ0) is 12.5. The predicted octanol–water partition coefficient (Wildman–Crippen LogP) is 3.19. The topological polar surface area (TPSA) is 20.3 Å². The zero-order valence-electron chi connectivity index (χ0n) is 10.4. The van der Waals surface area contributed by atoms with Crippen LogP contribution in [0.1, 0.15) is 31.2 Å². The minimum Gasteiger partial charge on any atom is -0.300 e. The number of halogens is 1. The van der Waals surface area contributed by atoms with Crippen LogP contribution in [0.15, 0.2) is 28.7 Å². The summed E-state index contributed by atoms with van der Waals surface area (Å²) in [5.41, 5.74) is 1.37. The molecule has 3 rings (SSSR count). The Balaban J connectivity index is 1.65. The van der Waals surface area contributed by atoms with Crippen LogP contribution in [0.25, 0.3) is 0 Å². The first kappa shape index (κ1) is 12.4. The highest BCUT2D eigenvalue weighted by atomic mass is 79.9. The van der Waals surface area contributed by atoms with Crippen LogP contribution in [0.2, 0.25) is 0 Å². The Morgan fingerprint density at radius 1 is 1.17 bits per heavy atom. The number of fused-ring (bicyclic) bond motifs is 2. The maximum Gasteiger partial charge on any atom is 0.136 e. The molecule has 0 aliphatic carbocycles. The van der Waals surface area contributed by atoms with Crippen LogP contribution in [0.3, 0.4) is 0 Å². The molecular formula is C15H18BrNO. The number of hydrogen-bond acceptors (Lipinski definition) is 2. The molecule has 1 aromatic rings. The van der Waals surface area contributed by atoms with Crippen molar-refractivity contribution in [3.63, 3.8) is 0 Å². The lowest BCUT2D eigenvalue weighted by molar-refractivity contribution is -0.123. The minimum absolute atomic E-state index is 0.472. The Labute approximate surface area is 116 Å². The first-order valence-electron chi connectivity index (χ1n) is 6.75. The maximum atomic E-state index is 11.6. The van der Waals surface area contributed by atoms with E-state index in [-0.39, 0.29) is 0 Å². The Kier molecular flexibility index (Phi) is 3.53. The molecule has 2 heterocycles. The molecule has 2 saturated heterocycles. The van der Waals surface area contributed by atoms with Gasteiger partial charge in [-0.2, -0.15) is 0 Å². The van der Waals surface area contributed by atoms with E-state index in [0.717, 1.165) is 25.8 Å². The van der Waals surface area contributed by atoms with Crippen molar-refractivity contribution in [1.29, 1.82) is 0 Å². The van der Waals surface area contributed by atoms with Crippen LogP contribution in [0.5, 0.6) is 0 Å². The van der Waals surface area contributed by atoms with E-state index in [2.05, 4.69) is 45.1 Å². The van der Waals surface area contributed by atoms with Gasteiger partial charge in [0.25, 0.3) is 0 Å². The van der Waals surface area contributed by atoms with Crippen molar-refractivity contribution in [1.82, 2.24) is 4.90 Å². The first-order chi connectivity index (χ1) is 8.74. The Hall–Kier alpha value is -0.670. The highest BCUT2D eigenvalue weighted by molar-refractivity contribution is 9.10. The molecule has 3 heteroatoms. The van der Waals surface area contributed by atoms with E-state index in [1.165, 1.54) is 22.9 Å². The highest BCUT2D eigenvalue weighted by Gasteiger charge is 2.39. The lowest BCUT2D eigenvalue weighted by atomic mass is 10.0. The van der Waals surface area contributed by atoms with Gasteiger partial charge in [-0.1, -0.05) is 34.1 Å². The number of carbonyl (C=O) groups is 1. The minimum atomic E-state index is 0.472. The summed E-state index contributed by atoms with van der Waals surface area (Å²) in [5, 5.41) is 0. The number of carbonyl (C=O) groups excluding carboxylic acids is 1. The number of ketones is 1. The second-order valence-corrected chi connectivity index (χ2v) is 6.27. The summed E-state index contributed by atoms with van der Waals surface area (Å²) < 4.78 is 1.20. The Morgan fingerprint density at radius 2 is 1.83 bits per heavy atom. The predicted molar refractivity (Wildman–Crippen MR) is 75.6 cm³/mol. The van der Waals surface area contributed by atoms with E-state index >= 15 is 0 Å². The van der Waals surface area contributed by atoms with Gasteiger partial charge in [0.2, 0.25) is 0 Å². The van der Waals surface area contributed by atoms with Crippen molar-refractivity contribution in [2.45, 2.75) is 44.2 Å². The first-order valence-corrected chi connectivity index (χ1v) is 7.54. The molecule has 0 aromatic heterocycles. The fourth-order valence-corrected chi connectivity index (χ4v) is 3.86. The molecule has 2 unspecified atom stereocenters. The third-order valence-corrected chi connectivity index (χ3v) is 5.07. The summed E-state index contributed by atoms with van der Waals surface area (Å²) in [6.07, 6.45) is 5.07. The molecule has 96 valence electrons. The number of Topliss-reactive ketones (excluding diaryl/α,β-unsaturated/α-hetero) is 1. The van der Waals surface area contributed by atoms with E-state index in [1.807, 2.05) is 0 Å². The van der Waals surface area contributed by atoms with Gasteiger partial charge in [-0.3, -0.25) is 9.69 Å². The van der Waals surface area contributed by atoms with E-state index in [0.29, 0.717) is 17.9 Å². The van der Waals surface area contributed by atoms with Gasteiger partial charge in [0.1, 0.15) is 5.78 Å². The van der Waals surface area contributed by atoms with Crippen LogP contribution in [0, 0.1) is 0 Å². The van der Waals surface area contributed by atoms with Crippen LogP contribution in [-0.4, -0.2) is 29.3 Å². The fraction of sp³-hybridized carbons (Fsp3) is 0.533. The average molecular weight is 308 g/mol. The van der Waals surface area contributed by atoms with Crippen molar-refractivity contribution < 1.29 is 4.79 Å². The van der Waals surface area contributed by atoms with Crippen molar-refractivity contribution in [2.24, 2.45) is 0 Å². The van der Waals surface area contributed by atoms with E-state index in [1.54, 1.807) is 0 Å². The molecular weight excluding hydrogens is 290 g/mol. The molecule has 2 nitrogen and oxygen atoms in total. The average Bonchev–Trinajstić information content (AvgIpc) is 2.60. The normalized spacial score (nSPS) is 27.7. The van der Waals surface area contributed by atoms with Crippen molar-refractivity contribution in [3.05, 3.63) is 34.3 Å². The van der Waals surface area contributed by atoms with Crippen LogP contribution < -0.4 is 0 Å². The molecule has 18 heavy (non-hydrogen) atoms. The Morgan fingerprint density at radius 3 is 2.50 bits per heavy atom. The van der Waals surface area contributed by atoms with Gasteiger partial charge in [0.15, 0.2) is 0 Å². The third-order valence-electron chi connectivity index (χ3n) is 4.29. The van der Waals surface area contributed by atoms with Gasteiger partial charge in [0, 0.05) is 35.9 Å². The number of rotatable bonds is 3. The Bertz CT molecular complexity index is 444. The van der Waals surface area contributed by atoms with Gasteiger partial charge in [0.05, 0.1) is 0 Å². The van der Waals surface area contributed by atoms with Crippen LogP contribution in [0.4, 0.5) is 0 Å². The quantitative estimate of drug-likeness (QED) is 0.855. The van der Waals surface area contributed by atoms with Gasteiger partial charge in [-0.15, -0.1) is 0 Å². The molecule has 0 saturated carbocycles. The summed E-state index contributed by atoms with van der Waals surface area (Å²) in [6.45, 7) is 1.09. The largest absolute Gasteiger partial charge is 0.300 e. The molecule has 2 atom stereocenters. The summed E-state index contributed by atoms with van der Waals surface area (Å²) in [5.74, 6) is 0.472. The van der Waals surface area contributed by atoms with Crippen molar-refractivity contribution >= 4 is 21.7 Å². The van der Waals surface area contributed by atoms with E-state index < -0.39 is 0 Å². The van der Waals surface area contributed by atoms with Crippen LogP contribution in [-0.2, 0) is 11.2 Å². The number of piperidine rings is 1. The summed E-state index contributed by atoms with van der Waals surface area (Å²) in [7, 11) is 0. The summed E-state index contributed by atoms with van der Waals surface area (Å²) in [6, 6.07) is 9.48. The fourth-order valence-electron chi connectivity index (χ4n) is 3.38. The monoisotopic (exact) mass is 307 g/mol. The standard InChI is InChI=1S/C15H18BrNO/c16-15-4-2-1-3-11(15)7-8-17-12-5-6-13(17)10-14(18)9-12/h1-4,12-13H,5-10H2. The van der Waals surface area contributed by atoms with E-state index in [4.69, 9.17) is 0 Å². The summed E-state index contributed by atoms with van der Waals surface area (Å²) >= 11 is 3.60. The molecule has 2 aliphatic heterocycles. The summed E-state index contributed by atoms with van der Waals surface area (Å²) in [4.78, 5) is 14.1. The smallest absolute Gasteiger partial charge is 0.136 e. The van der Waals surface area contributed by atoms with Gasteiger partial charge < -0.3 is 0 Å². The highest BCUT2D eigenvalue weighted by Crippen LogP contribution is 2.34. The second kappa shape index (κ2) is 5.14. The molecule has 2 aliphatic rings.